The Morgan fingerprint density at radius 2 is 2.00 bits per heavy atom. The molecule has 0 aliphatic carbocycles. The number of likely N-dealkylation sites (tertiary alicyclic amines) is 1. The molecular formula is C14H23N3O3S. The van der Waals surface area contributed by atoms with Gasteiger partial charge in [-0.1, -0.05) is 12.1 Å². The smallest absolute Gasteiger partial charge is 0.215 e. The number of rotatable bonds is 6. The highest BCUT2D eigenvalue weighted by molar-refractivity contribution is 7.89. The van der Waals surface area contributed by atoms with Gasteiger partial charge in [-0.15, -0.1) is 0 Å². The molecule has 1 aliphatic rings. The van der Waals surface area contributed by atoms with Crippen molar-refractivity contribution in [3.05, 3.63) is 24.3 Å². The monoisotopic (exact) mass is 313 g/mol. The van der Waals surface area contributed by atoms with E-state index in [1.165, 1.54) is 0 Å². The molecule has 1 heterocycles. The zero-order valence-electron chi connectivity index (χ0n) is 12.3. The maximum absolute atomic E-state index is 12.0. The molecule has 1 aliphatic heterocycles. The van der Waals surface area contributed by atoms with Crippen LogP contribution in [0.4, 0.5) is 5.69 Å². The van der Waals surface area contributed by atoms with Crippen LogP contribution < -0.4 is 15.2 Å². The zero-order valence-corrected chi connectivity index (χ0v) is 13.1. The van der Waals surface area contributed by atoms with E-state index in [0.717, 1.165) is 25.9 Å². The number of anilines is 1. The molecule has 0 bridgehead atoms. The predicted octanol–water partition coefficient (Wildman–Crippen LogP) is 0.661. The summed E-state index contributed by atoms with van der Waals surface area (Å²) in [5.41, 5.74) is 6.25. The molecule has 1 aromatic rings. The molecule has 1 aromatic carbocycles. The molecule has 0 spiro atoms. The van der Waals surface area contributed by atoms with E-state index in [1.54, 1.807) is 24.3 Å². The molecule has 0 saturated carbocycles. The van der Waals surface area contributed by atoms with Gasteiger partial charge in [0, 0.05) is 6.04 Å². The van der Waals surface area contributed by atoms with E-state index in [4.69, 9.17) is 10.5 Å². The summed E-state index contributed by atoms with van der Waals surface area (Å²) in [5, 5.41) is 0. The highest BCUT2D eigenvalue weighted by atomic mass is 32.2. The second-order valence-electron chi connectivity index (χ2n) is 5.40. The van der Waals surface area contributed by atoms with Crippen LogP contribution in [0.3, 0.4) is 0 Å². The third kappa shape index (κ3) is 5.18. The second kappa shape index (κ2) is 7.11. The molecule has 118 valence electrons. The normalized spacial score (nSPS) is 17.8. The number of piperidine rings is 1. The molecule has 21 heavy (non-hydrogen) atoms. The van der Waals surface area contributed by atoms with Crippen LogP contribution in [0.5, 0.6) is 5.75 Å². The van der Waals surface area contributed by atoms with Crippen LogP contribution in [0.1, 0.15) is 12.8 Å². The molecular weight excluding hydrogens is 290 g/mol. The lowest BCUT2D eigenvalue weighted by molar-refractivity contribution is 0.247. The van der Waals surface area contributed by atoms with Crippen LogP contribution >= 0.6 is 0 Å². The average molecular weight is 313 g/mol. The van der Waals surface area contributed by atoms with Gasteiger partial charge in [-0.2, -0.15) is 0 Å². The van der Waals surface area contributed by atoms with Gasteiger partial charge < -0.3 is 15.4 Å². The van der Waals surface area contributed by atoms with Crippen molar-refractivity contribution in [1.29, 1.82) is 0 Å². The average Bonchev–Trinajstić information content (AvgIpc) is 2.43. The summed E-state index contributed by atoms with van der Waals surface area (Å²) in [6.07, 6.45) is 1.70. The first-order valence-corrected chi connectivity index (χ1v) is 8.77. The summed E-state index contributed by atoms with van der Waals surface area (Å²) >= 11 is 0. The quantitative estimate of drug-likeness (QED) is 0.754. The number of nitrogen functional groups attached to an aromatic ring is 1. The first kappa shape index (κ1) is 16.1. The first-order valence-electron chi connectivity index (χ1n) is 7.12. The van der Waals surface area contributed by atoms with Gasteiger partial charge in [0.25, 0.3) is 0 Å². The fraction of sp³-hybridized carbons (Fsp3) is 0.571. The highest BCUT2D eigenvalue weighted by Gasteiger charge is 2.21. The van der Waals surface area contributed by atoms with E-state index < -0.39 is 10.0 Å². The lowest BCUT2D eigenvalue weighted by Crippen LogP contribution is -2.44. The number of hydrogen-bond acceptors (Lipinski definition) is 5. The minimum Gasteiger partial charge on any atom is -0.490 e. The van der Waals surface area contributed by atoms with Crippen molar-refractivity contribution in [1.82, 2.24) is 9.62 Å². The van der Waals surface area contributed by atoms with Crippen LogP contribution in [0.15, 0.2) is 24.3 Å². The molecule has 0 atom stereocenters. The fourth-order valence-corrected chi connectivity index (χ4v) is 3.48. The number of nitrogens with one attached hydrogen (secondary N) is 1. The molecule has 1 fully saturated rings. The number of benzene rings is 1. The van der Waals surface area contributed by atoms with Gasteiger partial charge in [-0.25, -0.2) is 13.1 Å². The van der Waals surface area contributed by atoms with Crippen molar-refractivity contribution in [3.8, 4) is 5.75 Å². The van der Waals surface area contributed by atoms with Gasteiger partial charge in [0.15, 0.2) is 0 Å². The van der Waals surface area contributed by atoms with E-state index in [-0.39, 0.29) is 18.4 Å². The Balaban J connectivity index is 1.78. The van der Waals surface area contributed by atoms with Gasteiger partial charge in [0.1, 0.15) is 12.4 Å². The number of sulfonamides is 1. The Morgan fingerprint density at radius 1 is 1.33 bits per heavy atom. The fourth-order valence-electron chi connectivity index (χ4n) is 2.31. The van der Waals surface area contributed by atoms with E-state index >= 15 is 0 Å². The molecule has 2 rings (SSSR count). The first-order chi connectivity index (χ1) is 9.96. The molecule has 7 heteroatoms. The molecule has 3 N–H and O–H groups in total. The summed E-state index contributed by atoms with van der Waals surface area (Å²) in [6.45, 7) is 1.94. The van der Waals surface area contributed by atoms with E-state index in [0.29, 0.717) is 11.4 Å². The van der Waals surface area contributed by atoms with Gasteiger partial charge in [0.05, 0.1) is 11.4 Å². The SMILES string of the molecule is CN1CCC(NS(=O)(=O)CCOc2ccccc2N)CC1. The Kier molecular flexibility index (Phi) is 5.44. The number of hydrogen-bond donors (Lipinski definition) is 2. The minimum atomic E-state index is -3.32. The third-order valence-corrected chi connectivity index (χ3v) is 4.99. The van der Waals surface area contributed by atoms with Crippen molar-refractivity contribution in [3.63, 3.8) is 0 Å². The Hall–Kier alpha value is -1.31. The van der Waals surface area contributed by atoms with Crippen LogP contribution in [-0.4, -0.2) is 51.9 Å². The van der Waals surface area contributed by atoms with E-state index in [2.05, 4.69) is 9.62 Å². The minimum absolute atomic E-state index is 0.0352. The number of para-hydroxylation sites is 2. The van der Waals surface area contributed by atoms with Gasteiger partial charge >= 0.3 is 0 Å². The Bertz CT molecular complexity index is 554. The standard InChI is InChI=1S/C14H23N3O3S/c1-17-8-6-12(7-9-17)16-21(18,19)11-10-20-14-5-3-2-4-13(14)15/h2-5,12,16H,6-11,15H2,1H3. The van der Waals surface area contributed by atoms with Crippen LogP contribution in [0.25, 0.3) is 0 Å². The molecule has 0 aromatic heterocycles. The molecule has 0 amide bonds. The summed E-state index contributed by atoms with van der Waals surface area (Å²) in [4.78, 5) is 2.20. The van der Waals surface area contributed by atoms with Crippen molar-refractivity contribution >= 4 is 15.7 Å². The lowest BCUT2D eigenvalue weighted by atomic mass is 10.1. The van der Waals surface area contributed by atoms with Crippen LogP contribution in [-0.2, 0) is 10.0 Å². The predicted molar refractivity (Wildman–Crippen MR) is 83.8 cm³/mol. The molecule has 0 radical (unpaired) electrons. The number of nitrogens with zero attached hydrogens (tertiary/aromatic N) is 1. The summed E-state index contributed by atoms with van der Waals surface area (Å²) in [7, 11) is -1.27. The molecule has 6 nitrogen and oxygen atoms in total. The Labute approximate surface area is 126 Å². The second-order valence-corrected chi connectivity index (χ2v) is 7.27. The topological polar surface area (TPSA) is 84.7 Å². The maximum atomic E-state index is 12.0. The van der Waals surface area contributed by atoms with E-state index in [1.807, 2.05) is 7.05 Å². The van der Waals surface area contributed by atoms with Crippen LogP contribution in [0.2, 0.25) is 0 Å². The molecule has 1 saturated heterocycles. The number of nitrogens with two attached hydrogens (primary N) is 1. The summed E-state index contributed by atoms with van der Waals surface area (Å²) in [5.74, 6) is 0.459. The van der Waals surface area contributed by atoms with Gasteiger partial charge in [-0.05, 0) is 45.1 Å². The van der Waals surface area contributed by atoms with Crippen molar-refractivity contribution in [2.45, 2.75) is 18.9 Å². The van der Waals surface area contributed by atoms with Crippen molar-refractivity contribution < 1.29 is 13.2 Å². The zero-order chi connectivity index (χ0) is 15.3. The number of ether oxygens (including phenoxy) is 1. The van der Waals surface area contributed by atoms with Crippen molar-refractivity contribution in [2.24, 2.45) is 0 Å². The molecule has 0 unspecified atom stereocenters. The largest absolute Gasteiger partial charge is 0.490 e. The van der Waals surface area contributed by atoms with E-state index in [9.17, 15) is 8.42 Å². The Morgan fingerprint density at radius 3 is 2.67 bits per heavy atom. The third-order valence-electron chi connectivity index (χ3n) is 3.59. The summed E-state index contributed by atoms with van der Waals surface area (Å²) in [6, 6.07) is 7.10. The van der Waals surface area contributed by atoms with Gasteiger partial charge in [0.2, 0.25) is 10.0 Å². The lowest BCUT2D eigenvalue weighted by Gasteiger charge is -2.29. The van der Waals surface area contributed by atoms with Gasteiger partial charge in [-0.3, -0.25) is 0 Å². The van der Waals surface area contributed by atoms with Crippen molar-refractivity contribution in [2.75, 3.05) is 38.2 Å². The summed E-state index contributed by atoms with van der Waals surface area (Å²) < 4.78 is 32.2. The maximum Gasteiger partial charge on any atom is 0.215 e. The highest BCUT2D eigenvalue weighted by Crippen LogP contribution is 2.19. The van der Waals surface area contributed by atoms with Crippen LogP contribution in [0, 0.1) is 0 Å².